The third kappa shape index (κ3) is 4.94. The van der Waals surface area contributed by atoms with Crippen LogP contribution >= 0.6 is 0 Å². The summed E-state index contributed by atoms with van der Waals surface area (Å²) in [7, 11) is 0. The average molecular weight is 482 g/mol. The number of benzene rings is 2. The number of ether oxygens (including phenoxy) is 1. The lowest BCUT2D eigenvalue weighted by atomic mass is 9.96. The van der Waals surface area contributed by atoms with Crippen LogP contribution in [-0.2, 0) is 17.6 Å². The molecule has 36 heavy (non-hydrogen) atoms. The molecule has 2 aromatic heterocycles. The number of anilines is 1. The Balaban J connectivity index is 1.49. The molecule has 3 heterocycles. The number of fused-ring (bicyclic) bond motifs is 1. The molecule has 8 heteroatoms. The van der Waals surface area contributed by atoms with Crippen molar-refractivity contribution in [1.82, 2.24) is 24.5 Å². The van der Waals surface area contributed by atoms with Crippen LogP contribution in [0.2, 0.25) is 0 Å². The van der Waals surface area contributed by atoms with Crippen LogP contribution in [-0.4, -0.2) is 57.0 Å². The number of nitrogens with zero attached hydrogens (tertiary/aromatic N) is 6. The molecular formula is C28H31N7O. The summed E-state index contributed by atoms with van der Waals surface area (Å²) in [6.07, 6.45) is 4.28. The molecule has 0 saturated carbocycles. The standard InChI is InChI=1S/C28H31N7O/c1-3-6-26-25(17-21-9-11-22(12-10-21)24-8-5-4-7-23(24)18-29)27(33-28-30-19-31-35(26)28)32-20(2)34-13-15-36-16-14-34/h4-5,7-12,19-20H,3,6,13-17H2,1-2H3,(H,30,31,32,33). The second-order valence-corrected chi connectivity index (χ2v) is 9.11. The van der Waals surface area contributed by atoms with Crippen molar-refractivity contribution >= 4 is 11.6 Å². The second kappa shape index (κ2) is 10.9. The fourth-order valence-electron chi connectivity index (χ4n) is 4.83. The minimum Gasteiger partial charge on any atom is -0.379 e. The Hall–Kier alpha value is -3.80. The highest BCUT2D eigenvalue weighted by atomic mass is 16.5. The van der Waals surface area contributed by atoms with Crippen molar-refractivity contribution in [3.8, 4) is 17.2 Å². The van der Waals surface area contributed by atoms with Crippen molar-refractivity contribution in [2.45, 2.75) is 39.3 Å². The van der Waals surface area contributed by atoms with Gasteiger partial charge in [-0.1, -0.05) is 55.8 Å². The van der Waals surface area contributed by atoms with Crippen molar-refractivity contribution in [2.24, 2.45) is 0 Å². The van der Waals surface area contributed by atoms with E-state index in [1.807, 2.05) is 28.8 Å². The van der Waals surface area contributed by atoms with Gasteiger partial charge in [-0.25, -0.2) is 4.52 Å². The lowest BCUT2D eigenvalue weighted by Gasteiger charge is -2.33. The van der Waals surface area contributed by atoms with Gasteiger partial charge in [-0.05, 0) is 36.1 Å². The Morgan fingerprint density at radius 2 is 1.89 bits per heavy atom. The molecule has 0 amide bonds. The fraction of sp³-hybridized carbons (Fsp3) is 0.357. The summed E-state index contributed by atoms with van der Waals surface area (Å²) in [6.45, 7) is 7.63. The van der Waals surface area contributed by atoms with E-state index >= 15 is 0 Å². The minimum atomic E-state index is 0.116. The van der Waals surface area contributed by atoms with Crippen LogP contribution in [0.5, 0.6) is 0 Å². The number of nitriles is 1. The average Bonchev–Trinajstić information content (AvgIpc) is 3.40. The largest absolute Gasteiger partial charge is 0.379 e. The van der Waals surface area contributed by atoms with E-state index in [1.165, 1.54) is 5.56 Å². The molecule has 1 saturated heterocycles. The molecule has 0 bridgehead atoms. The number of hydrogen-bond donors (Lipinski definition) is 1. The molecule has 1 aliphatic rings. The maximum atomic E-state index is 9.49. The van der Waals surface area contributed by atoms with Crippen LogP contribution in [0.15, 0.2) is 54.9 Å². The van der Waals surface area contributed by atoms with Crippen molar-refractivity contribution in [2.75, 3.05) is 31.6 Å². The van der Waals surface area contributed by atoms with Crippen molar-refractivity contribution in [1.29, 1.82) is 5.26 Å². The molecule has 2 aromatic carbocycles. The van der Waals surface area contributed by atoms with Crippen LogP contribution in [0.25, 0.3) is 16.9 Å². The maximum Gasteiger partial charge on any atom is 0.254 e. The van der Waals surface area contributed by atoms with Crippen molar-refractivity contribution < 1.29 is 4.74 Å². The molecule has 1 atom stereocenters. The first kappa shape index (κ1) is 23.9. The SMILES string of the molecule is CCCc1c(Cc2ccc(-c3ccccc3C#N)cc2)c(NC(C)N2CCOCC2)nc2ncnn12. The van der Waals surface area contributed by atoms with Crippen LogP contribution in [0.1, 0.15) is 42.7 Å². The summed E-state index contributed by atoms with van der Waals surface area (Å²) < 4.78 is 7.41. The van der Waals surface area contributed by atoms with E-state index in [1.54, 1.807) is 6.33 Å². The molecule has 8 nitrogen and oxygen atoms in total. The van der Waals surface area contributed by atoms with Crippen LogP contribution in [0.3, 0.4) is 0 Å². The molecule has 0 spiro atoms. The maximum absolute atomic E-state index is 9.49. The van der Waals surface area contributed by atoms with Gasteiger partial charge in [0.2, 0.25) is 0 Å². The third-order valence-electron chi connectivity index (χ3n) is 6.75. The summed E-state index contributed by atoms with van der Waals surface area (Å²) in [5.74, 6) is 1.47. The van der Waals surface area contributed by atoms with Crippen LogP contribution < -0.4 is 5.32 Å². The molecule has 1 aliphatic heterocycles. The quantitative estimate of drug-likeness (QED) is 0.401. The number of morpholine rings is 1. The van der Waals surface area contributed by atoms with Gasteiger partial charge in [0.05, 0.1) is 36.7 Å². The zero-order chi connectivity index (χ0) is 24.9. The van der Waals surface area contributed by atoms with E-state index in [9.17, 15) is 5.26 Å². The van der Waals surface area contributed by atoms with Gasteiger partial charge in [0.15, 0.2) is 0 Å². The molecule has 184 valence electrons. The second-order valence-electron chi connectivity index (χ2n) is 9.11. The van der Waals surface area contributed by atoms with Crippen molar-refractivity contribution in [3.05, 3.63) is 77.2 Å². The van der Waals surface area contributed by atoms with Crippen LogP contribution in [0.4, 0.5) is 5.82 Å². The topological polar surface area (TPSA) is 91.4 Å². The lowest BCUT2D eigenvalue weighted by molar-refractivity contribution is 0.0253. The molecule has 5 rings (SSSR count). The molecule has 0 aliphatic carbocycles. The number of aryl methyl sites for hydroxylation is 1. The summed E-state index contributed by atoms with van der Waals surface area (Å²) >= 11 is 0. The summed E-state index contributed by atoms with van der Waals surface area (Å²) in [5.41, 5.74) is 6.11. The lowest BCUT2D eigenvalue weighted by Crippen LogP contribution is -2.46. The first-order valence-electron chi connectivity index (χ1n) is 12.6. The molecule has 1 fully saturated rings. The van der Waals surface area contributed by atoms with E-state index in [0.29, 0.717) is 11.3 Å². The Kier molecular flexibility index (Phi) is 7.21. The first-order valence-corrected chi connectivity index (χ1v) is 12.6. The summed E-state index contributed by atoms with van der Waals surface area (Å²) in [5, 5.41) is 17.6. The normalized spacial score (nSPS) is 15.0. The fourth-order valence-corrected chi connectivity index (χ4v) is 4.83. The van der Waals surface area contributed by atoms with E-state index in [-0.39, 0.29) is 6.17 Å². The monoisotopic (exact) mass is 481 g/mol. The van der Waals surface area contributed by atoms with Gasteiger partial charge >= 0.3 is 0 Å². The molecule has 4 aromatic rings. The zero-order valence-corrected chi connectivity index (χ0v) is 20.8. The highest BCUT2D eigenvalue weighted by Gasteiger charge is 2.22. The van der Waals surface area contributed by atoms with Gasteiger partial charge in [-0.3, -0.25) is 4.90 Å². The highest BCUT2D eigenvalue weighted by Crippen LogP contribution is 2.28. The first-order chi connectivity index (χ1) is 17.7. The van der Waals surface area contributed by atoms with Gasteiger partial charge in [0, 0.05) is 25.1 Å². The molecule has 0 radical (unpaired) electrons. The Morgan fingerprint density at radius 1 is 1.11 bits per heavy atom. The number of rotatable bonds is 8. The van der Waals surface area contributed by atoms with E-state index in [4.69, 9.17) is 9.72 Å². The van der Waals surface area contributed by atoms with E-state index < -0.39 is 0 Å². The third-order valence-corrected chi connectivity index (χ3v) is 6.75. The predicted octanol–water partition coefficient (Wildman–Crippen LogP) is 4.30. The van der Waals surface area contributed by atoms with Gasteiger partial charge in [0.25, 0.3) is 5.78 Å². The number of aromatic nitrogens is 4. The van der Waals surface area contributed by atoms with Crippen LogP contribution in [0, 0.1) is 11.3 Å². The van der Waals surface area contributed by atoms with Gasteiger partial charge in [-0.2, -0.15) is 20.3 Å². The Bertz CT molecular complexity index is 1370. The minimum absolute atomic E-state index is 0.116. The molecule has 1 N–H and O–H groups in total. The van der Waals surface area contributed by atoms with Crippen molar-refractivity contribution in [3.63, 3.8) is 0 Å². The predicted molar refractivity (Wildman–Crippen MR) is 140 cm³/mol. The summed E-state index contributed by atoms with van der Waals surface area (Å²) in [4.78, 5) is 11.7. The Labute approximate surface area is 211 Å². The van der Waals surface area contributed by atoms with Gasteiger partial charge in [0.1, 0.15) is 12.1 Å². The smallest absolute Gasteiger partial charge is 0.254 e. The Morgan fingerprint density at radius 3 is 2.64 bits per heavy atom. The summed E-state index contributed by atoms with van der Waals surface area (Å²) in [6, 6.07) is 18.5. The van der Waals surface area contributed by atoms with Gasteiger partial charge < -0.3 is 10.1 Å². The number of nitrogens with one attached hydrogen (secondary N) is 1. The zero-order valence-electron chi connectivity index (χ0n) is 20.8. The van der Waals surface area contributed by atoms with Gasteiger partial charge in [-0.15, -0.1) is 0 Å². The van der Waals surface area contributed by atoms with E-state index in [0.717, 1.165) is 73.8 Å². The number of hydrogen-bond acceptors (Lipinski definition) is 7. The molecular weight excluding hydrogens is 450 g/mol. The molecule has 1 unspecified atom stereocenters. The van der Waals surface area contributed by atoms with E-state index in [2.05, 4.69) is 64.5 Å². The highest BCUT2D eigenvalue weighted by molar-refractivity contribution is 5.70.